The molecule has 3 heterocycles. The summed E-state index contributed by atoms with van der Waals surface area (Å²) in [5.41, 5.74) is 14.3. The second-order valence-electron chi connectivity index (χ2n) is 10.8. The fourth-order valence-electron chi connectivity index (χ4n) is 6.09. The zero-order chi connectivity index (χ0) is 27.1. The molecule has 0 saturated carbocycles. The first-order valence-electron chi connectivity index (χ1n) is 13.9. The first-order chi connectivity index (χ1) is 19.6. The number of aliphatic imine (C=N–C) groups is 1. The van der Waals surface area contributed by atoms with E-state index in [0.717, 1.165) is 77.5 Å². The van der Waals surface area contributed by atoms with Crippen LogP contribution in [0.3, 0.4) is 0 Å². The van der Waals surface area contributed by atoms with Gasteiger partial charge in [0.2, 0.25) is 0 Å². The number of anilines is 2. The lowest BCUT2D eigenvalue weighted by Crippen LogP contribution is -2.36. The quantitative estimate of drug-likeness (QED) is 0.281. The smallest absolute Gasteiger partial charge is 0.326 e. The molecule has 0 atom stereocenters. The second-order valence-corrected chi connectivity index (χ2v) is 10.8. The van der Waals surface area contributed by atoms with E-state index >= 15 is 0 Å². The number of fused-ring (bicyclic) bond motifs is 2. The van der Waals surface area contributed by atoms with Crippen molar-refractivity contribution in [2.45, 2.75) is 32.0 Å². The highest BCUT2D eigenvalue weighted by atomic mass is 16.1. The number of nitrogens with zero attached hydrogens (tertiary/aromatic N) is 4. The van der Waals surface area contributed by atoms with Crippen LogP contribution in [0, 0.1) is 0 Å². The van der Waals surface area contributed by atoms with Gasteiger partial charge in [-0.15, -0.1) is 0 Å². The second kappa shape index (κ2) is 10.2. The fourth-order valence-corrected chi connectivity index (χ4v) is 6.09. The van der Waals surface area contributed by atoms with Crippen molar-refractivity contribution in [2.24, 2.45) is 4.99 Å². The molecule has 0 aliphatic carbocycles. The van der Waals surface area contributed by atoms with Gasteiger partial charge in [0.15, 0.2) is 0 Å². The van der Waals surface area contributed by atoms with E-state index < -0.39 is 0 Å². The van der Waals surface area contributed by atoms with Crippen LogP contribution in [0.1, 0.15) is 35.6 Å². The van der Waals surface area contributed by atoms with E-state index in [-0.39, 0.29) is 11.7 Å². The number of aromatic nitrogens is 2. The summed E-state index contributed by atoms with van der Waals surface area (Å²) in [6.07, 6.45) is 1.93. The zero-order valence-electron chi connectivity index (χ0n) is 22.3. The molecule has 5 aromatic rings. The molecule has 4 aromatic carbocycles. The van der Waals surface area contributed by atoms with Crippen LogP contribution >= 0.6 is 0 Å². The average Bonchev–Trinajstić information content (AvgIpc) is 3.33. The lowest BCUT2D eigenvalue weighted by molar-refractivity contribution is 0.180. The molecule has 1 fully saturated rings. The monoisotopic (exact) mass is 528 g/mol. The highest BCUT2D eigenvalue weighted by Crippen LogP contribution is 2.33. The molecule has 0 radical (unpaired) electrons. The van der Waals surface area contributed by atoms with Gasteiger partial charge in [-0.25, -0.2) is 9.79 Å². The molecule has 0 unspecified atom stereocenters. The highest BCUT2D eigenvalue weighted by Gasteiger charge is 2.25. The van der Waals surface area contributed by atoms with Gasteiger partial charge in [0, 0.05) is 42.6 Å². The van der Waals surface area contributed by atoms with Crippen LogP contribution in [0.15, 0.2) is 107 Å². The van der Waals surface area contributed by atoms with Gasteiger partial charge < -0.3 is 15.6 Å². The minimum Gasteiger partial charge on any atom is -0.399 e. The summed E-state index contributed by atoms with van der Waals surface area (Å²) >= 11 is 0. The lowest BCUT2D eigenvalue weighted by atomic mass is 10.0. The van der Waals surface area contributed by atoms with Crippen molar-refractivity contribution in [1.82, 2.24) is 14.5 Å². The Hall–Kier alpha value is -4.62. The summed E-state index contributed by atoms with van der Waals surface area (Å²) in [4.78, 5) is 25.4. The van der Waals surface area contributed by atoms with Gasteiger partial charge in [0.1, 0.15) is 5.84 Å². The number of nitrogen functional groups attached to an aromatic ring is 1. The lowest BCUT2D eigenvalue weighted by Gasteiger charge is -2.33. The largest absolute Gasteiger partial charge is 0.399 e. The summed E-state index contributed by atoms with van der Waals surface area (Å²) in [5, 5.41) is 0. The predicted molar refractivity (Wildman–Crippen MR) is 162 cm³/mol. The Labute approximate surface area is 233 Å². The molecule has 1 aromatic heterocycles. The number of aromatic amines is 1. The summed E-state index contributed by atoms with van der Waals surface area (Å²) in [6, 6.07) is 33.3. The number of imidazole rings is 1. The molecule has 7 heteroatoms. The van der Waals surface area contributed by atoms with E-state index in [0.29, 0.717) is 6.54 Å². The molecule has 7 rings (SSSR count). The van der Waals surface area contributed by atoms with Crippen molar-refractivity contribution in [1.29, 1.82) is 0 Å². The number of likely N-dealkylation sites (tertiary alicyclic amines) is 1. The van der Waals surface area contributed by atoms with Crippen molar-refractivity contribution in [3.8, 4) is 0 Å². The molecule has 200 valence electrons. The first kappa shape index (κ1) is 24.4. The number of nitrogens with two attached hydrogens (primary N) is 1. The number of amidine groups is 1. The standard InChI is InChI=1S/C33H32N6O/c34-26-12-15-29-25(20-26)22-38(32(35-29)24-6-2-1-3-7-24)27-13-10-23(11-14-27)21-37-18-16-28(17-19-37)39-31-9-5-4-8-30(31)36-33(39)40/h1-15,20,28H,16-19,21-22,34H2,(H,36,40). The fraction of sp³-hybridized carbons (Fsp3) is 0.212. The molecule has 2 aliphatic rings. The minimum absolute atomic E-state index is 0.00308. The van der Waals surface area contributed by atoms with E-state index in [1.165, 1.54) is 5.56 Å². The number of rotatable bonds is 5. The van der Waals surface area contributed by atoms with Gasteiger partial charge in [0.25, 0.3) is 0 Å². The third-order valence-corrected chi connectivity index (χ3v) is 8.15. The van der Waals surface area contributed by atoms with Crippen molar-refractivity contribution < 1.29 is 0 Å². The van der Waals surface area contributed by atoms with Crippen LogP contribution in [-0.2, 0) is 13.1 Å². The Balaban J connectivity index is 1.07. The number of hydrogen-bond donors (Lipinski definition) is 2. The van der Waals surface area contributed by atoms with Crippen LogP contribution in [0.5, 0.6) is 0 Å². The SMILES string of the molecule is Nc1ccc2c(c1)CN(c1ccc(CN3CCC(n4c(=O)[nH]c5ccccc54)CC3)cc1)C(c1ccccc1)=N2. The summed E-state index contributed by atoms with van der Waals surface area (Å²) in [5.74, 6) is 0.945. The number of benzene rings is 4. The molecule has 40 heavy (non-hydrogen) atoms. The van der Waals surface area contributed by atoms with Gasteiger partial charge in [-0.1, -0.05) is 54.6 Å². The number of piperidine rings is 1. The molecular formula is C33H32N6O. The predicted octanol–water partition coefficient (Wildman–Crippen LogP) is 5.85. The molecule has 0 spiro atoms. The van der Waals surface area contributed by atoms with E-state index in [9.17, 15) is 4.79 Å². The Bertz CT molecular complexity index is 1740. The molecule has 2 aliphatic heterocycles. The Morgan fingerprint density at radius 1 is 0.875 bits per heavy atom. The maximum atomic E-state index is 12.6. The maximum Gasteiger partial charge on any atom is 0.326 e. The van der Waals surface area contributed by atoms with Gasteiger partial charge in [-0.05, 0) is 66.4 Å². The van der Waals surface area contributed by atoms with Crippen molar-refractivity contribution in [3.63, 3.8) is 0 Å². The van der Waals surface area contributed by atoms with E-state index in [4.69, 9.17) is 10.7 Å². The zero-order valence-corrected chi connectivity index (χ0v) is 22.3. The Morgan fingerprint density at radius 2 is 1.62 bits per heavy atom. The molecule has 1 saturated heterocycles. The van der Waals surface area contributed by atoms with E-state index in [1.54, 1.807) is 0 Å². The average molecular weight is 529 g/mol. The van der Waals surface area contributed by atoms with Crippen LogP contribution in [0.4, 0.5) is 17.1 Å². The van der Waals surface area contributed by atoms with Crippen LogP contribution in [-0.4, -0.2) is 33.4 Å². The summed E-state index contributed by atoms with van der Waals surface area (Å²) in [7, 11) is 0. The van der Waals surface area contributed by atoms with Gasteiger partial charge in [0.05, 0.1) is 23.3 Å². The van der Waals surface area contributed by atoms with Crippen LogP contribution in [0.25, 0.3) is 11.0 Å². The van der Waals surface area contributed by atoms with Crippen molar-refractivity contribution >= 4 is 33.9 Å². The van der Waals surface area contributed by atoms with Crippen LogP contribution in [0.2, 0.25) is 0 Å². The Kier molecular flexibility index (Phi) is 6.21. The van der Waals surface area contributed by atoms with Gasteiger partial charge >= 0.3 is 5.69 Å². The molecule has 0 amide bonds. The van der Waals surface area contributed by atoms with Crippen LogP contribution < -0.4 is 16.3 Å². The molecular weight excluding hydrogens is 496 g/mol. The van der Waals surface area contributed by atoms with E-state index in [2.05, 4.69) is 63.3 Å². The molecule has 0 bridgehead atoms. The first-order valence-corrected chi connectivity index (χ1v) is 13.9. The topological polar surface area (TPSA) is 82.6 Å². The number of H-pyrrole nitrogens is 1. The highest BCUT2D eigenvalue weighted by molar-refractivity contribution is 6.12. The third-order valence-electron chi connectivity index (χ3n) is 8.15. The Morgan fingerprint density at radius 3 is 2.42 bits per heavy atom. The van der Waals surface area contributed by atoms with E-state index in [1.807, 2.05) is 53.1 Å². The molecule has 7 nitrogen and oxygen atoms in total. The minimum atomic E-state index is -0.00308. The molecule has 3 N–H and O–H groups in total. The number of nitrogens with one attached hydrogen (secondary N) is 1. The maximum absolute atomic E-state index is 12.6. The summed E-state index contributed by atoms with van der Waals surface area (Å²) < 4.78 is 1.96. The van der Waals surface area contributed by atoms with Gasteiger partial charge in [-0.2, -0.15) is 0 Å². The number of hydrogen-bond acceptors (Lipinski definition) is 5. The van der Waals surface area contributed by atoms with Crippen molar-refractivity contribution in [2.75, 3.05) is 23.7 Å². The summed E-state index contributed by atoms with van der Waals surface area (Å²) in [6.45, 7) is 3.55. The normalized spacial score (nSPS) is 16.2. The van der Waals surface area contributed by atoms with Crippen molar-refractivity contribution in [3.05, 3.63) is 124 Å². The number of para-hydroxylation sites is 2. The van der Waals surface area contributed by atoms with Gasteiger partial charge in [-0.3, -0.25) is 9.47 Å². The third kappa shape index (κ3) is 4.58.